The summed E-state index contributed by atoms with van der Waals surface area (Å²) in [6, 6.07) is 7.55. The van der Waals surface area contributed by atoms with E-state index in [4.69, 9.17) is 10.5 Å². The van der Waals surface area contributed by atoms with E-state index >= 15 is 0 Å². The Labute approximate surface area is 252 Å². The molecule has 0 atom stereocenters. The Hall–Kier alpha value is -4.49. The first kappa shape index (κ1) is 33.0. The van der Waals surface area contributed by atoms with Crippen molar-refractivity contribution in [3.05, 3.63) is 101 Å². The summed E-state index contributed by atoms with van der Waals surface area (Å²) in [6.45, 7) is 7.10. The third-order valence-corrected chi connectivity index (χ3v) is 6.99. The summed E-state index contributed by atoms with van der Waals surface area (Å²) in [7, 11) is 0. The fourth-order valence-electron chi connectivity index (χ4n) is 3.73. The molecule has 3 aromatic rings. The van der Waals surface area contributed by atoms with Crippen molar-refractivity contribution >= 4 is 41.7 Å². The van der Waals surface area contributed by atoms with E-state index in [0.717, 1.165) is 12.0 Å². The molecule has 0 aliphatic carbocycles. The van der Waals surface area contributed by atoms with Gasteiger partial charge in [-0.05, 0) is 68.2 Å². The van der Waals surface area contributed by atoms with Crippen LogP contribution in [0.4, 0.5) is 19.1 Å². The molecule has 0 spiro atoms. The maximum Gasteiger partial charge on any atom is 0.214 e. The molecule has 2 heterocycles. The number of ether oxygens (including phenoxy) is 1. The Morgan fingerprint density at radius 1 is 1.35 bits per heavy atom. The Morgan fingerprint density at radius 3 is 2.84 bits per heavy atom. The number of H-pyrrole nitrogens is 1. The molecule has 9 nitrogen and oxygen atoms in total. The molecular weight excluding hydrogens is 581 g/mol. The zero-order valence-electron chi connectivity index (χ0n) is 23.8. The largest absolute Gasteiger partial charge is 0.443 e. The van der Waals surface area contributed by atoms with Gasteiger partial charge in [0.25, 0.3) is 0 Å². The van der Waals surface area contributed by atoms with Gasteiger partial charge in [-0.2, -0.15) is 5.10 Å². The molecule has 43 heavy (non-hydrogen) atoms. The third-order valence-electron chi connectivity index (χ3n) is 6.15. The van der Waals surface area contributed by atoms with Gasteiger partial charge in [-0.1, -0.05) is 36.7 Å². The summed E-state index contributed by atoms with van der Waals surface area (Å²) in [5, 5.41) is 4.31. The Morgan fingerprint density at radius 2 is 2.14 bits per heavy atom. The van der Waals surface area contributed by atoms with Crippen molar-refractivity contribution in [1.29, 1.82) is 0 Å². The molecule has 228 valence electrons. The molecule has 0 aliphatic rings. The van der Waals surface area contributed by atoms with Crippen LogP contribution in [-0.2, 0) is 11.4 Å². The predicted molar refractivity (Wildman–Crippen MR) is 165 cm³/mol. The van der Waals surface area contributed by atoms with Crippen LogP contribution in [0.25, 0.3) is 11.8 Å². The van der Waals surface area contributed by atoms with Gasteiger partial charge < -0.3 is 15.5 Å². The highest BCUT2D eigenvalue weighted by molar-refractivity contribution is 7.97. The number of nitrogens with one attached hydrogen (secondary N) is 2. The van der Waals surface area contributed by atoms with Gasteiger partial charge in [-0.25, -0.2) is 14.1 Å². The second-order valence-electron chi connectivity index (χ2n) is 8.96. The Kier molecular flexibility index (Phi) is 12.9. The van der Waals surface area contributed by atoms with E-state index in [1.165, 1.54) is 47.2 Å². The van der Waals surface area contributed by atoms with Crippen molar-refractivity contribution in [3.8, 4) is 5.75 Å². The first-order valence-electron chi connectivity index (χ1n) is 13.2. The smallest absolute Gasteiger partial charge is 0.214 e. The highest BCUT2D eigenvalue weighted by atomic mass is 32.2. The lowest BCUT2D eigenvalue weighted by Gasteiger charge is -2.09. The van der Waals surface area contributed by atoms with Gasteiger partial charge >= 0.3 is 0 Å². The number of halogens is 3. The molecular formula is C30H33F3N6O3S. The Bertz CT molecular complexity index is 1530. The van der Waals surface area contributed by atoms with Gasteiger partial charge in [-0.3, -0.25) is 18.8 Å². The van der Waals surface area contributed by atoms with Gasteiger partial charge in [0.15, 0.2) is 23.7 Å². The van der Waals surface area contributed by atoms with Gasteiger partial charge in [0.2, 0.25) is 5.78 Å². The number of hydrogen-bond donors (Lipinski definition) is 3. The number of benzene rings is 1. The summed E-state index contributed by atoms with van der Waals surface area (Å²) >= 11 is 1.27. The van der Waals surface area contributed by atoms with Crippen LogP contribution >= 0.6 is 11.9 Å². The lowest BCUT2D eigenvalue weighted by Crippen LogP contribution is -2.10. The van der Waals surface area contributed by atoms with Crippen molar-refractivity contribution in [3.63, 3.8) is 0 Å². The van der Waals surface area contributed by atoms with Crippen molar-refractivity contribution in [2.75, 3.05) is 24.7 Å². The molecule has 0 unspecified atom stereocenters. The van der Waals surface area contributed by atoms with E-state index in [-0.39, 0.29) is 41.5 Å². The molecule has 0 radical (unpaired) electrons. The van der Waals surface area contributed by atoms with Crippen molar-refractivity contribution < 1.29 is 27.8 Å². The maximum absolute atomic E-state index is 13.8. The standard InChI is InChI=1S/C30H33F3N6O3S/c1-4-20(3)27(18-35-19-41-28-10-7-6-9-24(28)32)39-30(34)23(17-36-39)29(40)26-15-21(25(5-2)38-26)11-12-22(42-33)16-37-43-14-8-13-31/h4-7,9-10,12,15,17-19,37-38H,2,8,11,13-14,16,34H2,1,3H3/b20-4-,22-12+,27-18+,35-19?. The number of alkyl halides is 1. The van der Waals surface area contributed by atoms with Crippen LogP contribution in [-0.4, -0.2) is 45.9 Å². The number of hydrogen-bond acceptors (Lipinski definition) is 8. The third kappa shape index (κ3) is 9.00. The first-order valence-corrected chi connectivity index (χ1v) is 14.2. The summed E-state index contributed by atoms with van der Waals surface area (Å²) in [5.74, 6) is -0.267. The molecule has 2 aromatic heterocycles. The summed E-state index contributed by atoms with van der Waals surface area (Å²) in [5.41, 5.74) is 9.21. The van der Waals surface area contributed by atoms with Gasteiger partial charge in [-0.15, -0.1) is 0 Å². The normalized spacial score (nSPS) is 12.6. The highest BCUT2D eigenvalue weighted by Gasteiger charge is 2.21. The number of allylic oxidation sites excluding steroid dienone is 4. The number of aromatic amines is 1. The van der Waals surface area contributed by atoms with Crippen LogP contribution in [0.3, 0.4) is 0 Å². The number of ketones is 1. The number of carbonyl (C=O) groups is 1. The van der Waals surface area contributed by atoms with Gasteiger partial charge in [0.1, 0.15) is 5.82 Å². The fraction of sp³-hybridized carbons (Fsp3) is 0.233. The number of anilines is 1. The average Bonchev–Trinajstić information content (AvgIpc) is 3.61. The fourth-order valence-corrected chi connectivity index (χ4v) is 4.37. The lowest BCUT2D eigenvalue weighted by atomic mass is 10.1. The molecule has 0 aliphatic heterocycles. The number of carbonyl (C=O) groups excluding carboxylic acids is 1. The SMILES string of the molecule is C=Cc1[nH]c(C(=O)c2cnn(C(=C/N=COc3ccccc3F)/C(C)=C\C)c2N)cc1C/C=C(\CNSCCCF)OF. The number of nitrogen functional groups attached to an aromatic ring is 1. The molecule has 0 saturated heterocycles. The van der Waals surface area contributed by atoms with Gasteiger partial charge in [0.05, 0.1) is 42.6 Å². The minimum Gasteiger partial charge on any atom is -0.443 e. The summed E-state index contributed by atoms with van der Waals surface area (Å²) in [4.78, 5) is 24.5. The topological polar surface area (TPSA) is 120 Å². The number of para-hydroxylation sites is 1. The molecule has 0 fully saturated rings. The van der Waals surface area contributed by atoms with Crippen LogP contribution in [0.1, 0.15) is 47.6 Å². The maximum atomic E-state index is 13.8. The molecule has 0 bridgehead atoms. The molecule has 3 rings (SSSR count). The number of aromatic nitrogens is 3. The second-order valence-corrected chi connectivity index (χ2v) is 9.95. The number of nitrogens with zero attached hydrogens (tertiary/aromatic N) is 3. The zero-order chi connectivity index (χ0) is 31.2. The average molecular weight is 615 g/mol. The molecule has 4 N–H and O–H groups in total. The molecule has 1 aromatic carbocycles. The number of aliphatic imine (C=N–C) groups is 1. The minimum absolute atomic E-state index is 0.0180. The van der Waals surface area contributed by atoms with E-state index in [1.54, 1.807) is 24.3 Å². The van der Waals surface area contributed by atoms with Crippen molar-refractivity contribution in [2.24, 2.45) is 4.99 Å². The first-order chi connectivity index (χ1) is 20.8. The van der Waals surface area contributed by atoms with E-state index in [1.807, 2.05) is 19.9 Å². The van der Waals surface area contributed by atoms with Crippen LogP contribution in [0.5, 0.6) is 5.75 Å². The van der Waals surface area contributed by atoms with Crippen LogP contribution in [0, 0.1) is 5.82 Å². The number of rotatable bonds is 17. The molecule has 0 saturated carbocycles. The minimum atomic E-state index is -0.528. The monoisotopic (exact) mass is 614 g/mol. The van der Waals surface area contributed by atoms with Crippen LogP contribution in [0.2, 0.25) is 0 Å². The lowest BCUT2D eigenvalue weighted by molar-refractivity contribution is -0.0845. The summed E-state index contributed by atoms with van der Waals surface area (Å²) in [6.07, 6.45) is 9.40. The highest BCUT2D eigenvalue weighted by Crippen LogP contribution is 2.25. The number of nitrogens with two attached hydrogens (primary N) is 1. The van der Waals surface area contributed by atoms with Crippen molar-refractivity contribution in [2.45, 2.75) is 26.7 Å². The quantitative estimate of drug-likeness (QED) is 0.0298. The summed E-state index contributed by atoms with van der Waals surface area (Å²) < 4.78 is 48.6. The van der Waals surface area contributed by atoms with E-state index in [9.17, 15) is 18.1 Å². The Balaban J connectivity index is 1.79. The van der Waals surface area contributed by atoms with Crippen LogP contribution in [0.15, 0.2) is 77.8 Å². The predicted octanol–water partition coefficient (Wildman–Crippen LogP) is 6.60. The van der Waals surface area contributed by atoms with E-state index in [0.29, 0.717) is 29.1 Å². The second kappa shape index (κ2) is 16.8. The van der Waals surface area contributed by atoms with Gasteiger partial charge in [0, 0.05) is 16.0 Å². The zero-order valence-corrected chi connectivity index (χ0v) is 24.6. The van der Waals surface area contributed by atoms with Crippen molar-refractivity contribution in [1.82, 2.24) is 19.5 Å². The molecule has 0 amide bonds. The molecule has 13 heteroatoms. The van der Waals surface area contributed by atoms with Crippen LogP contribution < -0.4 is 15.2 Å². The van der Waals surface area contributed by atoms with E-state index in [2.05, 4.69) is 31.3 Å². The van der Waals surface area contributed by atoms with E-state index < -0.39 is 18.3 Å².